The van der Waals surface area contributed by atoms with Gasteiger partial charge in [0.25, 0.3) is 0 Å². The van der Waals surface area contributed by atoms with Crippen molar-refractivity contribution < 1.29 is 9.59 Å². The molecule has 0 fully saturated rings. The summed E-state index contributed by atoms with van der Waals surface area (Å²) in [6, 6.07) is 11.8. The summed E-state index contributed by atoms with van der Waals surface area (Å²) in [5, 5.41) is 1.07. The van der Waals surface area contributed by atoms with Crippen molar-refractivity contribution in [3.8, 4) is 4.56 Å². The summed E-state index contributed by atoms with van der Waals surface area (Å²) in [6.45, 7) is 0. The number of hydrogen-bond donors (Lipinski definition) is 0. The number of ketones is 2. The van der Waals surface area contributed by atoms with E-state index in [4.69, 9.17) is 0 Å². The summed E-state index contributed by atoms with van der Waals surface area (Å²) < 4.78 is 5.30. The number of Topliss-reactive ketones (excluding diaryl/α,β-unsaturated/α-hetero) is 2. The zero-order valence-corrected chi connectivity index (χ0v) is 18.3. The molecule has 5 nitrogen and oxygen atoms in total. The molecule has 0 N–H and O–H groups in total. The molecule has 0 spiro atoms. The summed E-state index contributed by atoms with van der Waals surface area (Å²) in [7, 11) is 0. The molecule has 138 valence electrons. The summed E-state index contributed by atoms with van der Waals surface area (Å²) >= 11 is 0.220. The van der Waals surface area contributed by atoms with Crippen LogP contribution in [-0.4, -0.2) is 55.1 Å². The van der Waals surface area contributed by atoms with E-state index in [9.17, 15) is 9.59 Å². The van der Waals surface area contributed by atoms with Gasteiger partial charge in [-0.2, -0.15) is 0 Å². The second kappa shape index (κ2) is 6.34. The van der Waals surface area contributed by atoms with E-state index in [1.807, 2.05) is 47.2 Å². The Balaban J connectivity index is 1.41. The Morgan fingerprint density at radius 3 is 2.66 bits per heavy atom. The topological polar surface area (TPSA) is 64.8 Å². The Morgan fingerprint density at radius 1 is 0.931 bits per heavy atom. The van der Waals surface area contributed by atoms with Crippen molar-refractivity contribution in [2.75, 3.05) is 0 Å². The van der Waals surface area contributed by atoms with Crippen LogP contribution in [-0.2, 0) is 0 Å². The van der Waals surface area contributed by atoms with Gasteiger partial charge in [0.2, 0.25) is 0 Å². The molecule has 0 atom stereocenters. The molecule has 0 radical (unpaired) electrons. The van der Waals surface area contributed by atoms with Crippen LogP contribution >= 0.6 is 0 Å². The molecule has 1 aliphatic carbocycles. The van der Waals surface area contributed by atoms with E-state index in [2.05, 4.69) is 14.9 Å². The molecule has 0 unspecified atom stereocenters. The second-order valence-corrected chi connectivity index (χ2v) is 11.0. The number of aromatic nitrogens is 3. The van der Waals surface area contributed by atoms with Crippen LogP contribution in [0.3, 0.4) is 0 Å². The molecule has 0 amide bonds. The first kappa shape index (κ1) is 17.1. The predicted octanol–water partition coefficient (Wildman–Crippen LogP) is 3.15. The number of carbonyl (C=O) groups excluding carboxylic acids is 2. The molecule has 0 saturated carbocycles. The van der Waals surface area contributed by atoms with Gasteiger partial charge in [-0.1, -0.05) is 0 Å². The Hall–Kier alpha value is -2.82. The van der Waals surface area contributed by atoms with Crippen LogP contribution in [0.15, 0.2) is 65.5 Å². The van der Waals surface area contributed by atoms with Crippen molar-refractivity contribution in [3.63, 3.8) is 0 Å². The van der Waals surface area contributed by atoms with Gasteiger partial charge in [0.1, 0.15) is 0 Å². The van der Waals surface area contributed by atoms with Crippen molar-refractivity contribution in [3.05, 3.63) is 81.1 Å². The van der Waals surface area contributed by atoms with E-state index < -0.39 is 0 Å². The fraction of sp³-hybridized carbons (Fsp3) is 0. The molecule has 5 aromatic rings. The van der Waals surface area contributed by atoms with Crippen LogP contribution < -0.4 is 0 Å². The normalized spacial score (nSPS) is 15.1. The van der Waals surface area contributed by atoms with Gasteiger partial charge in [-0.05, 0) is 0 Å². The number of rotatable bonds is 2. The van der Waals surface area contributed by atoms with Crippen molar-refractivity contribution in [2.45, 2.75) is 0 Å². The molecule has 0 bridgehead atoms. The first-order valence-corrected chi connectivity index (χ1v) is 12.5. The molecule has 0 aliphatic heterocycles. The van der Waals surface area contributed by atoms with E-state index in [1.165, 1.54) is 4.26 Å². The van der Waals surface area contributed by atoms with E-state index in [0.29, 0.717) is 11.1 Å². The van der Waals surface area contributed by atoms with Crippen LogP contribution in [0.2, 0.25) is 0 Å². The molecule has 6 rings (SSSR count). The molecule has 0 saturated heterocycles. The van der Waals surface area contributed by atoms with Crippen LogP contribution in [0.25, 0.3) is 31.4 Å². The summed E-state index contributed by atoms with van der Waals surface area (Å²) in [5.41, 5.74) is 3.02. The van der Waals surface area contributed by atoms with Crippen LogP contribution in [0, 0.1) is 0 Å². The molecule has 1 aliphatic rings. The van der Waals surface area contributed by atoms with Gasteiger partial charge < -0.3 is 0 Å². The third kappa shape index (κ3) is 2.60. The summed E-state index contributed by atoms with van der Waals surface area (Å²) in [6.07, 6.45) is 7.09. The summed E-state index contributed by atoms with van der Waals surface area (Å²) in [4.78, 5) is 36.7. The van der Waals surface area contributed by atoms with Gasteiger partial charge in [0, 0.05) is 0 Å². The maximum atomic E-state index is 12.9. The van der Waals surface area contributed by atoms with Crippen LogP contribution in [0.1, 0.15) is 25.2 Å². The van der Waals surface area contributed by atoms with E-state index in [0.717, 1.165) is 25.5 Å². The molecule has 29 heavy (non-hydrogen) atoms. The van der Waals surface area contributed by atoms with Gasteiger partial charge in [-0.3, -0.25) is 0 Å². The standard InChI is InChI=1S/C22H11N3O2Se2/c26-20-14-9-12-4-8-28-18(12)11-15(14)21(27)16(20)10-13-1-2-19(29-13)25-7-3-17-22(25)24-6-5-23-17/h1-11H/b16-10-. The number of nitrogens with zero attached hydrogens (tertiary/aromatic N) is 3. The van der Waals surface area contributed by atoms with Crippen molar-refractivity contribution >= 4 is 67.5 Å². The third-order valence-electron chi connectivity index (χ3n) is 5.02. The average Bonchev–Trinajstić information content (AvgIpc) is 3.50. The quantitative estimate of drug-likeness (QED) is 0.209. The van der Waals surface area contributed by atoms with E-state index >= 15 is 0 Å². The Bertz CT molecular complexity index is 1450. The first-order chi connectivity index (χ1) is 14.2. The molecular weight excluding hydrogens is 496 g/mol. The van der Waals surface area contributed by atoms with Crippen LogP contribution in [0.5, 0.6) is 0 Å². The third-order valence-corrected chi connectivity index (χ3v) is 9.03. The van der Waals surface area contributed by atoms with Crippen molar-refractivity contribution in [1.29, 1.82) is 0 Å². The minimum absolute atomic E-state index is 0.0284. The molecular formula is C22H11N3O2Se2. The van der Waals surface area contributed by atoms with Crippen molar-refractivity contribution in [2.24, 2.45) is 0 Å². The van der Waals surface area contributed by atoms with Gasteiger partial charge in [-0.15, -0.1) is 0 Å². The second-order valence-electron chi connectivity index (χ2n) is 6.70. The van der Waals surface area contributed by atoms with E-state index in [-0.39, 0.29) is 46.1 Å². The molecule has 7 heteroatoms. The van der Waals surface area contributed by atoms with Crippen molar-refractivity contribution in [1.82, 2.24) is 14.5 Å². The minimum atomic E-state index is -0.164. The molecule has 4 aromatic heterocycles. The number of carbonyl (C=O) groups is 2. The monoisotopic (exact) mass is 509 g/mol. The van der Waals surface area contributed by atoms with Gasteiger partial charge in [-0.25, -0.2) is 0 Å². The fourth-order valence-corrected chi connectivity index (χ4v) is 7.30. The fourth-order valence-electron chi connectivity index (χ4n) is 3.64. The van der Waals surface area contributed by atoms with Gasteiger partial charge in [0.05, 0.1) is 0 Å². The molecule has 1 aromatic carbocycles. The Labute approximate surface area is 176 Å². The SMILES string of the molecule is O=C1/C(=C/c2ccc(-n3ccc4nccnc43)[se]2)C(=O)c2cc3[se]ccc3cc21. The first-order valence-electron chi connectivity index (χ1n) is 8.90. The maximum absolute atomic E-state index is 12.9. The van der Waals surface area contributed by atoms with E-state index in [1.54, 1.807) is 18.5 Å². The van der Waals surface area contributed by atoms with Crippen LogP contribution in [0.4, 0.5) is 0 Å². The number of hydrogen-bond acceptors (Lipinski definition) is 4. The van der Waals surface area contributed by atoms with Gasteiger partial charge in [0.15, 0.2) is 0 Å². The van der Waals surface area contributed by atoms with Gasteiger partial charge >= 0.3 is 177 Å². The summed E-state index contributed by atoms with van der Waals surface area (Å²) in [5.74, 6) is -0.319. The number of benzene rings is 1. The zero-order valence-electron chi connectivity index (χ0n) is 14.8. The number of fused-ring (bicyclic) bond motifs is 3. The molecule has 4 heterocycles. The average molecular weight is 507 g/mol. The zero-order chi connectivity index (χ0) is 19.5. The Morgan fingerprint density at radius 2 is 1.76 bits per heavy atom. The Kier molecular flexibility index (Phi) is 3.73. The number of allylic oxidation sites excluding steroid dienone is 1. The predicted molar refractivity (Wildman–Crippen MR) is 113 cm³/mol.